The van der Waals surface area contributed by atoms with E-state index in [4.69, 9.17) is 4.98 Å². The first-order valence-corrected chi connectivity index (χ1v) is 8.07. The number of benzene rings is 1. The van der Waals surface area contributed by atoms with Crippen molar-refractivity contribution in [3.8, 4) is 0 Å². The number of nitrogens with zero attached hydrogens (tertiary/aromatic N) is 3. The molecule has 118 valence electrons. The van der Waals surface area contributed by atoms with E-state index in [1.165, 1.54) is 12.1 Å². The highest BCUT2D eigenvalue weighted by Crippen LogP contribution is 2.28. The maximum atomic E-state index is 13.2. The molecule has 0 saturated carbocycles. The molecular weight excluding hydrogens is 291 g/mol. The first-order chi connectivity index (χ1) is 11.3. The van der Waals surface area contributed by atoms with Gasteiger partial charge < -0.3 is 9.88 Å². The lowest BCUT2D eigenvalue weighted by atomic mass is 9.97. The predicted molar refractivity (Wildman–Crippen MR) is 87.9 cm³/mol. The number of fused-ring (bicyclic) bond motifs is 1. The SMILES string of the molecule is Fc1ccc(Cn2c(C3CCNCC3)nc3cccnc32)cc1. The number of rotatable bonds is 3. The van der Waals surface area contributed by atoms with Gasteiger partial charge in [-0.3, -0.25) is 0 Å². The van der Waals surface area contributed by atoms with Gasteiger partial charge in [-0.1, -0.05) is 12.1 Å². The van der Waals surface area contributed by atoms with E-state index in [-0.39, 0.29) is 5.82 Å². The van der Waals surface area contributed by atoms with Gasteiger partial charge in [0.2, 0.25) is 0 Å². The van der Waals surface area contributed by atoms with Crippen LogP contribution in [0.1, 0.15) is 30.1 Å². The van der Waals surface area contributed by atoms with Crippen molar-refractivity contribution in [1.82, 2.24) is 19.9 Å². The number of aromatic nitrogens is 3. The molecule has 4 nitrogen and oxygen atoms in total. The summed E-state index contributed by atoms with van der Waals surface area (Å²) in [5.41, 5.74) is 2.90. The van der Waals surface area contributed by atoms with Crippen LogP contribution in [0.2, 0.25) is 0 Å². The minimum Gasteiger partial charge on any atom is -0.317 e. The topological polar surface area (TPSA) is 42.7 Å². The summed E-state index contributed by atoms with van der Waals surface area (Å²) < 4.78 is 15.3. The second-order valence-electron chi connectivity index (χ2n) is 6.05. The molecule has 0 atom stereocenters. The van der Waals surface area contributed by atoms with Gasteiger partial charge in [0.1, 0.15) is 17.2 Å². The van der Waals surface area contributed by atoms with Crippen molar-refractivity contribution in [2.75, 3.05) is 13.1 Å². The molecule has 4 rings (SSSR count). The van der Waals surface area contributed by atoms with Gasteiger partial charge in [0.05, 0.1) is 6.54 Å². The molecule has 0 unspecified atom stereocenters. The molecule has 5 heteroatoms. The van der Waals surface area contributed by atoms with Gasteiger partial charge in [-0.2, -0.15) is 0 Å². The van der Waals surface area contributed by atoms with Gasteiger partial charge in [-0.15, -0.1) is 0 Å². The van der Waals surface area contributed by atoms with Crippen molar-refractivity contribution >= 4 is 11.2 Å². The molecule has 1 N–H and O–H groups in total. The average molecular weight is 310 g/mol. The Morgan fingerprint density at radius 3 is 2.70 bits per heavy atom. The minimum absolute atomic E-state index is 0.207. The summed E-state index contributed by atoms with van der Waals surface area (Å²) >= 11 is 0. The highest BCUT2D eigenvalue weighted by Gasteiger charge is 2.22. The van der Waals surface area contributed by atoms with Gasteiger partial charge in [-0.05, 0) is 55.8 Å². The molecule has 1 fully saturated rings. The molecule has 1 aliphatic rings. The Morgan fingerprint density at radius 2 is 1.91 bits per heavy atom. The van der Waals surface area contributed by atoms with Gasteiger partial charge in [0, 0.05) is 12.1 Å². The number of piperidine rings is 1. The van der Waals surface area contributed by atoms with Crippen LogP contribution in [0.25, 0.3) is 11.2 Å². The first kappa shape index (κ1) is 14.3. The number of imidazole rings is 1. The van der Waals surface area contributed by atoms with Crippen molar-refractivity contribution < 1.29 is 4.39 Å². The summed E-state index contributed by atoms with van der Waals surface area (Å²) in [5, 5.41) is 3.40. The maximum Gasteiger partial charge on any atom is 0.160 e. The van der Waals surface area contributed by atoms with Crippen LogP contribution in [-0.2, 0) is 6.54 Å². The summed E-state index contributed by atoms with van der Waals surface area (Å²) in [6.07, 6.45) is 3.98. The molecule has 23 heavy (non-hydrogen) atoms. The number of halogens is 1. The summed E-state index contributed by atoms with van der Waals surface area (Å²) in [4.78, 5) is 9.37. The van der Waals surface area contributed by atoms with E-state index < -0.39 is 0 Å². The Kier molecular flexibility index (Phi) is 3.79. The van der Waals surface area contributed by atoms with Crippen LogP contribution < -0.4 is 5.32 Å². The number of hydrogen-bond donors (Lipinski definition) is 1. The zero-order valence-electron chi connectivity index (χ0n) is 12.9. The predicted octanol–water partition coefficient (Wildman–Crippen LogP) is 3.09. The fraction of sp³-hybridized carbons (Fsp3) is 0.333. The van der Waals surface area contributed by atoms with E-state index >= 15 is 0 Å². The Morgan fingerprint density at radius 1 is 1.13 bits per heavy atom. The standard InChI is InChI=1S/C18H19FN4/c19-15-5-3-13(4-6-15)12-23-17(14-7-10-20-11-8-14)22-16-2-1-9-21-18(16)23/h1-6,9,14,20H,7-8,10-12H2. The lowest BCUT2D eigenvalue weighted by molar-refractivity contribution is 0.435. The molecule has 0 bridgehead atoms. The Hall–Kier alpha value is -2.27. The number of nitrogens with one attached hydrogen (secondary N) is 1. The molecule has 2 aromatic heterocycles. The highest BCUT2D eigenvalue weighted by atomic mass is 19.1. The van der Waals surface area contributed by atoms with Crippen molar-refractivity contribution in [2.45, 2.75) is 25.3 Å². The van der Waals surface area contributed by atoms with Gasteiger partial charge >= 0.3 is 0 Å². The van der Waals surface area contributed by atoms with E-state index in [0.717, 1.165) is 48.5 Å². The lowest BCUT2D eigenvalue weighted by Gasteiger charge is -2.23. The van der Waals surface area contributed by atoms with Crippen LogP contribution in [-0.4, -0.2) is 27.6 Å². The summed E-state index contributed by atoms with van der Waals surface area (Å²) in [6.45, 7) is 2.72. The molecule has 1 aromatic carbocycles. The van der Waals surface area contributed by atoms with Crippen LogP contribution in [0.3, 0.4) is 0 Å². The Labute approximate surface area is 134 Å². The minimum atomic E-state index is -0.207. The fourth-order valence-electron chi connectivity index (χ4n) is 3.30. The molecule has 0 radical (unpaired) electrons. The molecule has 0 spiro atoms. The van der Waals surface area contributed by atoms with Crippen LogP contribution in [0, 0.1) is 5.82 Å². The van der Waals surface area contributed by atoms with Crippen molar-refractivity contribution in [3.63, 3.8) is 0 Å². The highest BCUT2D eigenvalue weighted by molar-refractivity contribution is 5.71. The quantitative estimate of drug-likeness (QED) is 0.808. The smallest absolute Gasteiger partial charge is 0.160 e. The fourth-order valence-corrected chi connectivity index (χ4v) is 3.30. The molecule has 3 aromatic rings. The molecule has 1 saturated heterocycles. The van der Waals surface area contributed by atoms with Gasteiger partial charge in [-0.25, -0.2) is 14.4 Å². The molecule has 0 amide bonds. The van der Waals surface area contributed by atoms with Crippen LogP contribution >= 0.6 is 0 Å². The average Bonchev–Trinajstić information content (AvgIpc) is 2.96. The van der Waals surface area contributed by atoms with Crippen molar-refractivity contribution in [1.29, 1.82) is 0 Å². The third-order valence-corrected chi connectivity index (χ3v) is 4.49. The second-order valence-corrected chi connectivity index (χ2v) is 6.05. The summed E-state index contributed by atoms with van der Waals surface area (Å²) in [6, 6.07) is 10.6. The second kappa shape index (κ2) is 6.08. The Balaban J connectivity index is 1.77. The number of hydrogen-bond acceptors (Lipinski definition) is 3. The van der Waals surface area contributed by atoms with E-state index in [0.29, 0.717) is 12.5 Å². The first-order valence-electron chi connectivity index (χ1n) is 8.07. The van der Waals surface area contributed by atoms with Gasteiger partial charge in [0.15, 0.2) is 5.65 Å². The van der Waals surface area contributed by atoms with E-state index in [9.17, 15) is 4.39 Å². The number of pyridine rings is 1. The maximum absolute atomic E-state index is 13.2. The summed E-state index contributed by atoms with van der Waals surface area (Å²) in [5.74, 6) is 1.34. The molecule has 3 heterocycles. The zero-order chi connectivity index (χ0) is 15.6. The molecule has 0 aliphatic carbocycles. The largest absolute Gasteiger partial charge is 0.317 e. The van der Waals surface area contributed by atoms with E-state index in [1.807, 2.05) is 24.3 Å². The third kappa shape index (κ3) is 2.84. The third-order valence-electron chi connectivity index (χ3n) is 4.49. The van der Waals surface area contributed by atoms with Gasteiger partial charge in [0.25, 0.3) is 0 Å². The molecular formula is C18H19FN4. The summed E-state index contributed by atoms with van der Waals surface area (Å²) in [7, 11) is 0. The monoisotopic (exact) mass is 310 g/mol. The van der Waals surface area contributed by atoms with Crippen molar-refractivity contribution in [2.24, 2.45) is 0 Å². The zero-order valence-corrected chi connectivity index (χ0v) is 12.9. The van der Waals surface area contributed by atoms with Crippen LogP contribution in [0.4, 0.5) is 4.39 Å². The van der Waals surface area contributed by atoms with Crippen LogP contribution in [0.5, 0.6) is 0 Å². The lowest BCUT2D eigenvalue weighted by Crippen LogP contribution is -2.28. The van der Waals surface area contributed by atoms with E-state index in [1.54, 1.807) is 6.20 Å². The van der Waals surface area contributed by atoms with Crippen molar-refractivity contribution in [3.05, 3.63) is 59.8 Å². The molecule has 1 aliphatic heterocycles. The normalized spacial score (nSPS) is 16.0. The van der Waals surface area contributed by atoms with E-state index in [2.05, 4.69) is 14.9 Å². The van der Waals surface area contributed by atoms with Crippen LogP contribution in [0.15, 0.2) is 42.6 Å². The Bertz CT molecular complexity index is 804.